The molecule has 1 aliphatic rings. The molecule has 1 aromatic carbocycles. The first-order valence-corrected chi connectivity index (χ1v) is 5.13. The number of ether oxygens (including phenoxy) is 1. The molecule has 0 saturated heterocycles. The molecule has 1 N–H and O–H groups in total. The minimum Gasteiger partial charge on any atom is -0.493 e. The number of rotatable bonds is 1. The summed E-state index contributed by atoms with van der Waals surface area (Å²) in [5.41, 5.74) is 0.218. The zero-order chi connectivity index (χ0) is 10.2. The Labute approximate surface area is 84.5 Å². The van der Waals surface area contributed by atoms with Gasteiger partial charge in [-0.3, -0.25) is 0 Å². The summed E-state index contributed by atoms with van der Waals surface area (Å²) in [7, 11) is 0. The maximum Gasteiger partial charge on any atom is 0.125 e. The van der Waals surface area contributed by atoms with Gasteiger partial charge in [0.15, 0.2) is 0 Å². The number of hydrogen-bond donors (Lipinski definition) is 1. The van der Waals surface area contributed by atoms with Gasteiger partial charge in [0, 0.05) is 11.5 Å². The van der Waals surface area contributed by atoms with E-state index in [1.54, 1.807) is 0 Å². The molecule has 0 aromatic heterocycles. The van der Waals surface area contributed by atoms with Crippen molar-refractivity contribution in [2.75, 3.05) is 6.61 Å². The fraction of sp³-hybridized carbons (Fsp3) is 0.500. The summed E-state index contributed by atoms with van der Waals surface area (Å²) in [5, 5.41) is 10.5. The van der Waals surface area contributed by atoms with Crippen LogP contribution in [0.25, 0.3) is 0 Å². The lowest BCUT2D eigenvalue weighted by molar-refractivity contribution is -0.0543. The second-order valence-electron chi connectivity index (χ2n) is 3.99. The molecule has 2 nitrogen and oxygen atoms in total. The topological polar surface area (TPSA) is 29.5 Å². The van der Waals surface area contributed by atoms with Crippen LogP contribution < -0.4 is 4.74 Å². The van der Waals surface area contributed by atoms with Gasteiger partial charge in [0.25, 0.3) is 0 Å². The molecule has 2 rings (SSSR count). The van der Waals surface area contributed by atoms with Crippen LogP contribution in [-0.4, -0.2) is 11.7 Å². The van der Waals surface area contributed by atoms with Crippen LogP contribution in [0.3, 0.4) is 0 Å². The SMILES string of the molecule is CCC1(O)c2ccccc2OCC1C. The van der Waals surface area contributed by atoms with Crippen molar-refractivity contribution in [2.24, 2.45) is 5.92 Å². The predicted octanol–water partition coefficient (Wildman–Crippen LogP) is 2.31. The standard InChI is InChI=1S/C12H16O2/c1-3-12(13)9(2)8-14-11-7-5-4-6-10(11)12/h4-7,9,13H,3,8H2,1-2H3. The van der Waals surface area contributed by atoms with Crippen molar-refractivity contribution in [1.29, 1.82) is 0 Å². The Balaban J connectivity index is 2.52. The lowest BCUT2D eigenvalue weighted by Crippen LogP contribution is -2.40. The lowest BCUT2D eigenvalue weighted by Gasteiger charge is -2.38. The van der Waals surface area contributed by atoms with Crippen molar-refractivity contribution >= 4 is 0 Å². The van der Waals surface area contributed by atoms with E-state index in [1.165, 1.54) is 0 Å². The van der Waals surface area contributed by atoms with E-state index in [4.69, 9.17) is 4.74 Å². The van der Waals surface area contributed by atoms with E-state index in [1.807, 2.05) is 38.1 Å². The summed E-state index contributed by atoms with van der Waals surface area (Å²) in [6.07, 6.45) is 0.731. The monoisotopic (exact) mass is 192 g/mol. The van der Waals surface area contributed by atoms with Crippen LogP contribution in [-0.2, 0) is 5.60 Å². The molecule has 0 bridgehead atoms. The lowest BCUT2D eigenvalue weighted by atomic mass is 9.79. The Morgan fingerprint density at radius 2 is 2.21 bits per heavy atom. The van der Waals surface area contributed by atoms with Crippen LogP contribution in [0.2, 0.25) is 0 Å². The van der Waals surface area contributed by atoms with Crippen LogP contribution >= 0.6 is 0 Å². The summed E-state index contributed by atoms with van der Waals surface area (Å²) in [4.78, 5) is 0. The van der Waals surface area contributed by atoms with E-state index in [0.29, 0.717) is 6.61 Å². The summed E-state index contributed by atoms with van der Waals surface area (Å²) >= 11 is 0. The van der Waals surface area contributed by atoms with E-state index in [-0.39, 0.29) is 5.92 Å². The highest BCUT2D eigenvalue weighted by molar-refractivity contribution is 5.40. The Kier molecular flexibility index (Phi) is 2.23. The van der Waals surface area contributed by atoms with Crippen LogP contribution in [0.5, 0.6) is 5.75 Å². The molecular formula is C12H16O2. The minimum atomic E-state index is -0.713. The van der Waals surface area contributed by atoms with Crippen LogP contribution in [0.15, 0.2) is 24.3 Å². The molecule has 2 atom stereocenters. The van der Waals surface area contributed by atoms with E-state index < -0.39 is 5.60 Å². The Morgan fingerprint density at radius 3 is 2.93 bits per heavy atom. The minimum absolute atomic E-state index is 0.155. The molecule has 2 unspecified atom stereocenters. The normalized spacial score (nSPS) is 30.6. The fourth-order valence-electron chi connectivity index (χ4n) is 2.11. The van der Waals surface area contributed by atoms with Crippen molar-refractivity contribution in [3.63, 3.8) is 0 Å². The van der Waals surface area contributed by atoms with Crippen molar-refractivity contribution in [1.82, 2.24) is 0 Å². The molecule has 0 saturated carbocycles. The van der Waals surface area contributed by atoms with E-state index in [0.717, 1.165) is 17.7 Å². The van der Waals surface area contributed by atoms with E-state index in [9.17, 15) is 5.11 Å². The molecule has 0 radical (unpaired) electrons. The second-order valence-corrected chi connectivity index (χ2v) is 3.99. The molecule has 0 aliphatic carbocycles. The third kappa shape index (κ3) is 1.22. The number of hydrogen-bond acceptors (Lipinski definition) is 2. The molecule has 0 fully saturated rings. The first kappa shape index (κ1) is 9.53. The summed E-state index contributed by atoms with van der Waals surface area (Å²) in [6, 6.07) is 7.75. The quantitative estimate of drug-likeness (QED) is 0.740. The maximum atomic E-state index is 10.5. The highest BCUT2D eigenvalue weighted by atomic mass is 16.5. The fourth-order valence-corrected chi connectivity index (χ4v) is 2.11. The van der Waals surface area contributed by atoms with Crippen molar-refractivity contribution in [2.45, 2.75) is 25.9 Å². The third-order valence-electron chi connectivity index (χ3n) is 3.20. The largest absolute Gasteiger partial charge is 0.493 e. The first-order valence-electron chi connectivity index (χ1n) is 5.13. The molecule has 0 spiro atoms. The molecular weight excluding hydrogens is 176 g/mol. The van der Waals surface area contributed by atoms with Gasteiger partial charge in [-0.1, -0.05) is 32.0 Å². The van der Waals surface area contributed by atoms with Crippen molar-refractivity contribution in [3.05, 3.63) is 29.8 Å². The zero-order valence-corrected chi connectivity index (χ0v) is 8.66. The Morgan fingerprint density at radius 1 is 1.50 bits per heavy atom. The Hall–Kier alpha value is -1.02. The van der Waals surface area contributed by atoms with Gasteiger partial charge in [-0.25, -0.2) is 0 Å². The third-order valence-corrected chi connectivity index (χ3v) is 3.20. The highest BCUT2D eigenvalue weighted by Crippen LogP contribution is 2.41. The van der Waals surface area contributed by atoms with Gasteiger partial charge in [-0.05, 0) is 12.5 Å². The van der Waals surface area contributed by atoms with Gasteiger partial charge in [0.1, 0.15) is 5.75 Å². The van der Waals surface area contributed by atoms with E-state index in [2.05, 4.69) is 0 Å². The van der Waals surface area contributed by atoms with Crippen molar-refractivity contribution in [3.8, 4) is 5.75 Å². The number of aliphatic hydroxyl groups is 1. The van der Waals surface area contributed by atoms with Gasteiger partial charge in [-0.2, -0.15) is 0 Å². The van der Waals surface area contributed by atoms with Gasteiger partial charge < -0.3 is 9.84 Å². The summed E-state index contributed by atoms with van der Waals surface area (Å²) < 4.78 is 5.57. The second kappa shape index (κ2) is 3.28. The first-order chi connectivity index (χ1) is 6.68. The average molecular weight is 192 g/mol. The van der Waals surface area contributed by atoms with Gasteiger partial charge in [-0.15, -0.1) is 0 Å². The average Bonchev–Trinajstić information content (AvgIpc) is 2.24. The predicted molar refractivity (Wildman–Crippen MR) is 55.3 cm³/mol. The van der Waals surface area contributed by atoms with E-state index >= 15 is 0 Å². The molecule has 1 heterocycles. The van der Waals surface area contributed by atoms with Gasteiger partial charge in [0.2, 0.25) is 0 Å². The number of benzene rings is 1. The van der Waals surface area contributed by atoms with Gasteiger partial charge >= 0.3 is 0 Å². The smallest absolute Gasteiger partial charge is 0.125 e. The van der Waals surface area contributed by atoms with Crippen LogP contribution in [0, 0.1) is 5.92 Å². The van der Waals surface area contributed by atoms with Crippen LogP contribution in [0.1, 0.15) is 25.8 Å². The van der Waals surface area contributed by atoms with Crippen LogP contribution in [0.4, 0.5) is 0 Å². The highest BCUT2D eigenvalue weighted by Gasteiger charge is 2.39. The molecule has 76 valence electrons. The molecule has 1 aromatic rings. The zero-order valence-electron chi connectivity index (χ0n) is 8.66. The Bertz CT molecular complexity index is 335. The molecule has 0 amide bonds. The molecule has 14 heavy (non-hydrogen) atoms. The number of para-hydroxylation sites is 1. The number of fused-ring (bicyclic) bond motifs is 1. The summed E-state index contributed by atoms with van der Waals surface area (Å²) in [5.74, 6) is 0.984. The summed E-state index contributed by atoms with van der Waals surface area (Å²) in [6.45, 7) is 4.64. The maximum absolute atomic E-state index is 10.5. The molecule has 2 heteroatoms. The molecule has 1 aliphatic heterocycles. The van der Waals surface area contributed by atoms with Gasteiger partial charge in [0.05, 0.1) is 12.2 Å². The van der Waals surface area contributed by atoms with Crippen molar-refractivity contribution < 1.29 is 9.84 Å².